The number of anilines is 2. The van der Waals surface area contributed by atoms with Crippen LogP contribution in [0.15, 0.2) is 19.0 Å². The number of nitrogens with zero attached hydrogens (tertiary/aromatic N) is 1. The number of aromatic nitrogens is 1. The summed E-state index contributed by atoms with van der Waals surface area (Å²) >= 11 is 0. The fraction of sp³-hybridized carbons (Fsp3) is 0. The first kappa shape index (κ1) is 6.61. The number of nitrogens with two attached hydrogens (primary N) is 2. The second-order valence-corrected chi connectivity index (χ2v) is 1.94. The molecule has 0 radical (unpaired) electrons. The summed E-state index contributed by atoms with van der Waals surface area (Å²) < 4.78 is 0. The second-order valence-electron chi connectivity index (χ2n) is 1.94. The Hall–Kier alpha value is -1.51. The lowest BCUT2D eigenvalue weighted by atomic mass is 10.2. The molecule has 4 N–H and O–H groups in total. The summed E-state index contributed by atoms with van der Waals surface area (Å²) in [6, 6.07) is 0. The molecule has 1 heterocycles. The van der Waals surface area contributed by atoms with Crippen LogP contribution < -0.4 is 11.5 Å². The van der Waals surface area contributed by atoms with E-state index < -0.39 is 0 Å². The Morgan fingerprint density at radius 3 is 2.10 bits per heavy atom. The second kappa shape index (κ2) is 2.39. The third-order valence-electron chi connectivity index (χ3n) is 1.25. The molecule has 0 aliphatic heterocycles. The summed E-state index contributed by atoms with van der Waals surface area (Å²) in [6.45, 7) is 3.56. The van der Waals surface area contributed by atoms with Gasteiger partial charge in [0.2, 0.25) is 0 Å². The number of rotatable bonds is 1. The van der Waals surface area contributed by atoms with Crippen LogP contribution in [-0.2, 0) is 0 Å². The van der Waals surface area contributed by atoms with Gasteiger partial charge in [0.15, 0.2) is 0 Å². The molecule has 0 fully saturated rings. The number of hydrogen-bond donors (Lipinski definition) is 2. The van der Waals surface area contributed by atoms with E-state index in [4.69, 9.17) is 11.5 Å². The zero-order valence-corrected chi connectivity index (χ0v) is 5.54. The van der Waals surface area contributed by atoms with Gasteiger partial charge in [-0.25, -0.2) is 0 Å². The quantitative estimate of drug-likeness (QED) is 0.601. The van der Waals surface area contributed by atoms with Crippen molar-refractivity contribution in [1.29, 1.82) is 0 Å². The fourth-order valence-electron chi connectivity index (χ4n) is 0.739. The van der Waals surface area contributed by atoms with Crippen LogP contribution in [0, 0.1) is 0 Å². The van der Waals surface area contributed by atoms with E-state index in [-0.39, 0.29) is 0 Å². The van der Waals surface area contributed by atoms with Gasteiger partial charge in [0.05, 0.1) is 23.8 Å². The zero-order chi connectivity index (χ0) is 7.56. The van der Waals surface area contributed by atoms with E-state index in [9.17, 15) is 0 Å². The average molecular weight is 135 g/mol. The maximum atomic E-state index is 5.52. The Morgan fingerprint density at radius 2 is 1.80 bits per heavy atom. The van der Waals surface area contributed by atoms with E-state index in [2.05, 4.69) is 11.6 Å². The molecule has 1 aromatic heterocycles. The first-order valence-electron chi connectivity index (χ1n) is 2.87. The van der Waals surface area contributed by atoms with E-state index >= 15 is 0 Å². The summed E-state index contributed by atoms with van der Waals surface area (Å²) in [5.74, 6) is 0. The average Bonchev–Trinajstić information content (AvgIpc) is 1.88. The summed E-state index contributed by atoms with van der Waals surface area (Å²) in [5, 5.41) is 0. The molecule has 0 aliphatic rings. The van der Waals surface area contributed by atoms with Crippen LogP contribution in [-0.4, -0.2) is 4.98 Å². The number of pyridine rings is 1. The van der Waals surface area contributed by atoms with Crippen LogP contribution in [0.3, 0.4) is 0 Å². The molecule has 3 nitrogen and oxygen atoms in total. The standard InChI is InChI=1S/C7H9N3/c1-2-5-6(8)3-10-4-7(5)9/h2-4H,1,8-9H2. The molecule has 0 aromatic carbocycles. The van der Waals surface area contributed by atoms with Gasteiger partial charge >= 0.3 is 0 Å². The van der Waals surface area contributed by atoms with Gasteiger partial charge in [0, 0.05) is 5.56 Å². The van der Waals surface area contributed by atoms with E-state index in [1.54, 1.807) is 18.5 Å². The molecule has 52 valence electrons. The molecule has 0 amide bonds. The van der Waals surface area contributed by atoms with Crippen LogP contribution in [0.25, 0.3) is 6.08 Å². The molecule has 3 heteroatoms. The minimum Gasteiger partial charge on any atom is -0.397 e. The third-order valence-corrected chi connectivity index (χ3v) is 1.25. The van der Waals surface area contributed by atoms with Crippen LogP contribution >= 0.6 is 0 Å². The molecule has 1 aromatic rings. The topological polar surface area (TPSA) is 64.9 Å². The van der Waals surface area contributed by atoms with E-state index in [0.717, 1.165) is 5.56 Å². The van der Waals surface area contributed by atoms with Crippen molar-refractivity contribution in [3.63, 3.8) is 0 Å². The maximum Gasteiger partial charge on any atom is 0.0594 e. The van der Waals surface area contributed by atoms with Gasteiger partial charge in [-0.05, 0) is 0 Å². The van der Waals surface area contributed by atoms with Crippen LogP contribution in [0.5, 0.6) is 0 Å². The van der Waals surface area contributed by atoms with Crippen molar-refractivity contribution in [2.75, 3.05) is 11.5 Å². The molecule has 0 saturated heterocycles. The van der Waals surface area contributed by atoms with Crippen molar-refractivity contribution in [3.05, 3.63) is 24.5 Å². The van der Waals surface area contributed by atoms with E-state index in [1.165, 1.54) is 0 Å². The number of hydrogen-bond acceptors (Lipinski definition) is 3. The Balaban J connectivity index is 3.30. The molecule has 0 aliphatic carbocycles. The summed E-state index contributed by atoms with van der Waals surface area (Å²) in [4.78, 5) is 3.79. The summed E-state index contributed by atoms with van der Waals surface area (Å²) in [7, 11) is 0. The highest BCUT2D eigenvalue weighted by molar-refractivity contribution is 5.72. The molecule has 0 unspecified atom stereocenters. The monoisotopic (exact) mass is 135 g/mol. The first-order chi connectivity index (χ1) is 4.75. The van der Waals surface area contributed by atoms with Crippen molar-refractivity contribution in [2.24, 2.45) is 0 Å². The van der Waals surface area contributed by atoms with Gasteiger partial charge in [0.25, 0.3) is 0 Å². The van der Waals surface area contributed by atoms with Gasteiger partial charge in [-0.1, -0.05) is 12.7 Å². The Labute approximate surface area is 59.4 Å². The molecule has 1 rings (SSSR count). The van der Waals surface area contributed by atoms with Gasteiger partial charge in [-0.2, -0.15) is 0 Å². The highest BCUT2D eigenvalue weighted by Gasteiger charge is 1.97. The normalized spacial score (nSPS) is 9.20. The highest BCUT2D eigenvalue weighted by atomic mass is 14.7. The summed E-state index contributed by atoms with van der Waals surface area (Å²) in [5.41, 5.74) is 12.9. The molecule has 0 atom stereocenters. The lowest BCUT2D eigenvalue weighted by Crippen LogP contribution is -1.96. The van der Waals surface area contributed by atoms with E-state index in [1.807, 2.05) is 0 Å². The van der Waals surface area contributed by atoms with Gasteiger partial charge in [0.1, 0.15) is 0 Å². The smallest absolute Gasteiger partial charge is 0.0594 e. The molecule has 0 saturated carbocycles. The Kier molecular flexibility index (Phi) is 1.58. The van der Waals surface area contributed by atoms with Crippen molar-refractivity contribution in [2.45, 2.75) is 0 Å². The van der Waals surface area contributed by atoms with Crippen molar-refractivity contribution >= 4 is 17.5 Å². The third kappa shape index (κ3) is 0.932. The number of nitrogen functional groups attached to an aromatic ring is 2. The Bertz CT molecular complexity index is 235. The maximum absolute atomic E-state index is 5.52. The highest BCUT2D eigenvalue weighted by Crippen LogP contribution is 2.17. The predicted molar refractivity (Wildman–Crippen MR) is 43.2 cm³/mol. The van der Waals surface area contributed by atoms with Crippen LogP contribution in [0.4, 0.5) is 11.4 Å². The predicted octanol–water partition coefficient (Wildman–Crippen LogP) is 0.889. The fourth-order valence-corrected chi connectivity index (χ4v) is 0.739. The SMILES string of the molecule is C=Cc1c(N)cncc1N. The lowest BCUT2D eigenvalue weighted by molar-refractivity contribution is 1.33. The van der Waals surface area contributed by atoms with Gasteiger partial charge in [-0.3, -0.25) is 4.98 Å². The van der Waals surface area contributed by atoms with E-state index in [0.29, 0.717) is 11.4 Å². The van der Waals surface area contributed by atoms with Crippen molar-refractivity contribution in [1.82, 2.24) is 4.98 Å². The molecule has 0 bridgehead atoms. The summed E-state index contributed by atoms with van der Waals surface area (Å²) in [6.07, 6.45) is 4.72. The Morgan fingerprint density at radius 1 is 1.30 bits per heavy atom. The largest absolute Gasteiger partial charge is 0.397 e. The van der Waals surface area contributed by atoms with Gasteiger partial charge < -0.3 is 11.5 Å². The lowest BCUT2D eigenvalue weighted by Gasteiger charge is -2.00. The zero-order valence-electron chi connectivity index (χ0n) is 5.54. The first-order valence-corrected chi connectivity index (χ1v) is 2.87. The van der Waals surface area contributed by atoms with Crippen LogP contribution in [0.1, 0.15) is 5.56 Å². The van der Waals surface area contributed by atoms with Gasteiger partial charge in [-0.15, -0.1) is 0 Å². The minimum absolute atomic E-state index is 0.565. The van der Waals surface area contributed by atoms with Crippen molar-refractivity contribution in [3.8, 4) is 0 Å². The minimum atomic E-state index is 0.565. The molecule has 10 heavy (non-hydrogen) atoms. The molecule has 0 spiro atoms. The molecular weight excluding hydrogens is 126 g/mol. The van der Waals surface area contributed by atoms with Crippen LogP contribution in [0.2, 0.25) is 0 Å². The molecular formula is C7H9N3. The van der Waals surface area contributed by atoms with Crippen molar-refractivity contribution < 1.29 is 0 Å².